The summed E-state index contributed by atoms with van der Waals surface area (Å²) < 4.78 is 5.73. The van der Waals surface area contributed by atoms with Crippen molar-refractivity contribution >= 4 is 16.9 Å². The van der Waals surface area contributed by atoms with E-state index >= 15 is 0 Å². The molecule has 0 radical (unpaired) electrons. The summed E-state index contributed by atoms with van der Waals surface area (Å²) in [5, 5.41) is 10.3. The Bertz CT molecular complexity index is 657. The Morgan fingerprint density at radius 2 is 1.95 bits per heavy atom. The number of carbonyl (C=O) groups is 1. The van der Waals surface area contributed by atoms with E-state index in [1.807, 2.05) is 19.9 Å². The van der Waals surface area contributed by atoms with Gasteiger partial charge in [-0.25, -0.2) is 4.79 Å². The van der Waals surface area contributed by atoms with Gasteiger partial charge in [0.25, 0.3) is 0 Å². The van der Waals surface area contributed by atoms with Gasteiger partial charge in [0, 0.05) is 16.5 Å². The Hall–Kier alpha value is -1.77. The molecule has 108 valence electrons. The average molecular weight is 274 g/mol. The molecule has 0 saturated carbocycles. The third kappa shape index (κ3) is 2.45. The van der Waals surface area contributed by atoms with Gasteiger partial charge in [-0.2, -0.15) is 0 Å². The second-order valence-electron chi connectivity index (χ2n) is 6.40. The summed E-state index contributed by atoms with van der Waals surface area (Å²) in [5.74, 6) is -0.889. The monoisotopic (exact) mass is 274 g/mol. The number of furan rings is 1. The van der Waals surface area contributed by atoms with Crippen LogP contribution >= 0.6 is 0 Å². The molecule has 2 aromatic rings. The van der Waals surface area contributed by atoms with E-state index in [2.05, 4.69) is 26.8 Å². The molecule has 0 atom stereocenters. The first-order chi connectivity index (χ1) is 9.25. The lowest BCUT2D eigenvalue weighted by Gasteiger charge is -2.19. The first-order valence-electron chi connectivity index (χ1n) is 7.05. The largest absolute Gasteiger partial charge is 0.475 e. The maximum atomic E-state index is 11.4. The molecule has 0 aliphatic rings. The van der Waals surface area contributed by atoms with E-state index in [4.69, 9.17) is 4.42 Å². The van der Waals surface area contributed by atoms with Gasteiger partial charge in [-0.3, -0.25) is 0 Å². The summed E-state index contributed by atoms with van der Waals surface area (Å²) in [5.41, 5.74) is 3.67. The van der Waals surface area contributed by atoms with Crippen LogP contribution in [0.25, 0.3) is 11.0 Å². The number of hydrogen-bond donors (Lipinski definition) is 1. The molecule has 1 N–H and O–H groups in total. The van der Waals surface area contributed by atoms with E-state index in [0.717, 1.165) is 40.5 Å². The Balaban J connectivity index is 2.86. The summed E-state index contributed by atoms with van der Waals surface area (Å²) >= 11 is 0. The normalized spacial score (nSPS) is 12.1. The zero-order chi connectivity index (χ0) is 15.1. The van der Waals surface area contributed by atoms with Gasteiger partial charge in [0.1, 0.15) is 5.58 Å². The maximum absolute atomic E-state index is 11.4. The Morgan fingerprint density at radius 3 is 2.45 bits per heavy atom. The predicted molar refractivity (Wildman–Crippen MR) is 80.6 cm³/mol. The van der Waals surface area contributed by atoms with Crippen LogP contribution < -0.4 is 0 Å². The minimum absolute atomic E-state index is 0.0820. The van der Waals surface area contributed by atoms with Crippen LogP contribution in [0.5, 0.6) is 0 Å². The zero-order valence-corrected chi connectivity index (χ0v) is 12.8. The fourth-order valence-corrected chi connectivity index (χ4v) is 2.62. The van der Waals surface area contributed by atoms with Gasteiger partial charge in [0.15, 0.2) is 0 Å². The van der Waals surface area contributed by atoms with Crippen molar-refractivity contribution < 1.29 is 14.3 Å². The van der Waals surface area contributed by atoms with Gasteiger partial charge >= 0.3 is 5.97 Å². The van der Waals surface area contributed by atoms with Crippen LogP contribution in [0.4, 0.5) is 0 Å². The molecule has 3 heteroatoms. The van der Waals surface area contributed by atoms with E-state index in [1.165, 1.54) is 0 Å². The number of carboxylic acids is 1. The molecule has 0 unspecified atom stereocenters. The van der Waals surface area contributed by atoms with Crippen LogP contribution in [0.15, 0.2) is 16.5 Å². The molecule has 0 aliphatic carbocycles. The number of aryl methyl sites for hydroxylation is 2. The number of benzene rings is 1. The smallest absolute Gasteiger partial charge is 0.372 e. The van der Waals surface area contributed by atoms with Crippen molar-refractivity contribution in [3.63, 3.8) is 0 Å². The highest BCUT2D eigenvalue weighted by atomic mass is 16.4. The Kier molecular flexibility index (Phi) is 3.63. The fourth-order valence-electron chi connectivity index (χ4n) is 2.62. The molecule has 1 aromatic carbocycles. The predicted octanol–water partition coefficient (Wildman–Crippen LogP) is 4.69. The average Bonchev–Trinajstić information content (AvgIpc) is 2.66. The molecular weight excluding hydrogens is 252 g/mol. The topological polar surface area (TPSA) is 50.4 Å². The van der Waals surface area contributed by atoms with Crippen LogP contribution in [0.3, 0.4) is 0 Å². The summed E-state index contributed by atoms with van der Waals surface area (Å²) in [4.78, 5) is 11.4. The minimum atomic E-state index is -0.984. The second kappa shape index (κ2) is 4.97. The standard InChI is InChI=1S/C17H22O3/c1-6-7-11-12-8-10(2)9-13(17(3,4)5)14(12)20-15(11)16(18)19/h8-9H,6-7H2,1-5H3,(H,18,19). The van der Waals surface area contributed by atoms with Crippen molar-refractivity contribution in [1.82, 2.24) is 0 Å². The maximum Gasteiger partial charge on any atom is 0.372 e. The van der Waals surface area contributed by atoms with Gasteiger partial charge in [-0.15, -0.1) is 0 Å². The van der Waals surface area contributed by atoms with Crippen LogP contribution in [0.1, 0.15) is 61.4 Å². The number of hydrogen-bond acceptors (Lipinski definition) is 2. The molecule has 0 spiro atoms. The quantitative estimate of drug-likeness (QED) is 0.883. The van der Waals surface area contributed by atoms with Crippen LogP contribution in [0.2, 0.25) is 0 Å². The SMILES string of the molecule is CCCc1c(C(=O)O)oc2c(C(C)(C)C)cc(C)cc12. The van der Waals surface area contributed by atoms with Gasteiger partial charge in [-0.1, -0.05) is 40.2 Å². The van der Waals surface area contributed by atoms with E-state index in [1.54, 1.807) is 0 Å². The van der Waals surface area contributed by atoms with Crippen LogP contribution in [-0.2, 0) is 11.8 Å². The molecule has 0 saturated heterocycles. The number of carboxylic acid groups (broad SMARTS) is 1. The van der Waals surface area contributed by atoms with Crippen molar-refractivity contribution in [1.29, 1.82) is 0 Å². The Morgan fingerprint density at radius 1 is 1.30 bits per heavy atom. The molecule has 0 bridgehead atoms. The van der Waals surface area contributed by atoms with Gasteiger partial charge in [0.2, 0.25) is 5.76 Å². The highest BCUT2D eigenvalue weighted by molar-refractivity contribution is 5.96. The van der Waals surface area contributed by atoms with Crippen LogP contribution in [-0.4, -0.2) is 11.1 Å². The van der Waals surface area contributed by atoms with Crippen LogP contribution in [0, 0.1) is 6.92 Å². The molecule has 0 aliphatic heterocycles. The molecule has 2 rings (SSSR count). The van der Waals surface area contributed by atoms with Crippen molar-refractivity contribution in [2.45, 2.75) is 52.9 Å². The zero-order valence-electron chi connectivity index (χ0n) is 12.8. The molecule has 20 heavy (non-hydrogen) atoms. The van der Waals surface area contributed by atoms with Crippen molar-refractivity contribution in [3.8, 4) is 0 Å². The highest BCUT2D eigenvalue weighted by Gasteiger charge is 2.25. The second-order valence-corrected chi connectivity index (χ2v) is 6.40. The van der Waals surface area contributed by atoms with E-state index in [-0.39, 0.29) is 11.2 Å². The van der Waals surface area contributed by atoms with E-state index in [0.29, 0.717) is 0 Å². The molecule has 0 fully saturated rings. The van der Waals surface area contributed by atoms with Crippen molar-refractivity contribution in [2.75, 3.05) is 0 Å². The summed E-state index contributed by atoms with van der Waals surface area (Å²) in [6, 6.07) is 4.12. The minimum Gasteiger partial charge on any atom is -0.475 e. The fraction of sp³-hybridized carbons (Fsp3) is 0.471. The third-order valence-corrected chi connectivity index (χ3v) is 3.54. The van der Waals surface area contributed by atoms with Gasteiger partial charge in [0.05, 0.1) is 0 Å². The molecule has 0 amide bonds. The molecule has 1 aromatic heterocycles. The van der Waals surface area contributed by atoms with Gasteiger partial charge < -0.3 is 9.52 Å². The van der Waals surface area contributed by atoms with E-state index in [9.17, 15) is 9.90 Å². The number of rotatable bonds is 3. The summed E-state index contributed by atoms with van der Waals surface area (Å²) in [6.45, 7) is 10.4. The molecular formula is C17H22O3. The lowest BCUT2D eigenvalue weighted by molar-refractivity contribution is 0.0663. The lowest BCUT2D eigenvalue weighted by Crippen LogP contribution is -2.11. The van der Waals surface area contributed by atoms with Gasteiger partial charge in [-0.05, 0) is 30.4 Å². The third-order valence-electron chi connectivity index (χ3n) is 3.54. The Labute approximate surface area is 119 Å². The lowest BCUT2D eigenvalue weighted by atomic mass is 9.84. The molecule has 3 nitrogen and oxygen atoms in total. The van der Waals surface area contributed by atoms with Crippen molar-refractivity contribution in [2.24, 2.45) is 0 Å². The summed E-state index contributed by atoms with van der Waals surface area (Å²) in [7, 11) is 0. The first kappa shape index (κ1) is 14.6. The number of aromatic carboxylic acids is 1. The first-order valence-corrected chi connectivity index (χ1v) is 7.05. The number of fused-ring (bicyclic) bond motifs is 1. The van der Waals surface area contributed by atoms with E-state index < -0.39 is 5.97 Å². The molecule has 1 heterocycles. The van der Waals surface area contributed by atoms with Crippen molar-refractivity contribution in [3.05, 3.63) is 34.6 Å². The summed E-state index contributed by atoms with van der Waals surface area (Å²) in [6.07, 6.45) is 1.62. The highest BCUT2D eigenvalue weighted by Crippen LogP contribution is 2.36.